The molecule has 8 heteroatoms. The Morgan fingerprint density at radius 1 is 1.35 bits per heavy atom. The Morgan fingerprint density at radius 2 is 2.09 bits per heavy atom. The van der Waals surface area contributed by atoms with E-state index in [4.69, 9.17) is 16.3 Å². The number of nitrogens with zero attached hydrogens (tertiary/aromatic N) is 3. The van der Waals surface area contributed by atoms with Crippen molar-refractivity contribution in [3.63, 3.8) is 0 Å². The van der Waals surface area contributed by atoms with Gasteiger partial charge in [-0.15, -0.1) is 5.10 Å². The van der Waals surface area contributed by atoms with E-state index >= 15 is 0 Å². The lowest BCUT2D eigenvalue weighted by atomic mass is 10.2. The molecule has 0 spiro atoms. The van der Waals surface area contributed by atoms with Gasteiger partial charge in [-0.05, 0) is 30.5 Å². The highest BCUT2D eigenvalue weighted by Crippen LogP contribution is 2.29. The van der Waals surface area contributed by atoms with Gasteiger partial charge < -0.3 is 4.74 Å². The van der Waals surface area contributed by atoms with E-state index in [2.05, 4.69) is 45.7 Å². The molecule has 126 valence electrons. The maximum absolute atomic E-state index is 6.29. The lowest BCUT2D eigenvalue weighted by molar-refractivity contribution is 0.0720. The Bertz CT molecular complexity index is 675. The minimum absolute atomic E-state index is 0.418. The van der Waals surface area contributed by atoms with Gasteiger partial charge in [-0.2, -0.15) is 0 Å². The fraction of sp³-hybridized carbons (Fsp3) is 0.467. The molecule has 0 aliphatic carbocycles. The van der Waals surface area contributed by atoms with Crippen molar-refractivity contribution in [1.29, 1.82) is 0 Å². The molecule has 0 aliphatic rings. The summed E-state index contributed by atoms with van der Waals surface area (Å²) in [7, 11) is -1.07. The number of aromatic nitrogens is 3. The molecule has 2 aromatic rings. The molecule has 0 bridgehead atoms. The molecular formula is C15H21BrClN3OSSi. The van der Waals surface area contributed by atoms with Crippen LogP contribution >= 0.6 is 39.3 Å². The van der Waals surface area contributed by atoms with Crippen LogP contribution in [-0.2, 0) is 11.5 Å². The summed E-state index contributed by atoms with van der Waals surface area (Å²) in [5.41, 5.74) is 0.825. The van der Waals surface area contributed by atoms with E-state index < -0.39 is 8.07 Å². The van der Waals surface area contributed by atoms with E-state index in [-0.39, 0.29) is 0 Å². The van der Waals surface area contributed by atoms with Gasteiger partial charge in [-0.25, -0.2) is 9.67 Å². The van der Waals surface area contributed by atoms with Gasteiger partial charge in [0.2, 0.25) is 0 Å². The summed E-state index contributed by atoms with van der Waals surface area (Å²) in [4.78, 5) is 4.56. The number of hydrogen-bond donors (Lipinski definition) is 0. The van der Waals surface area contributed by atoms with Crippen molar-refractivity contribution >= 4 is 47.4 Å². The molecule has 4 nitrogen and oxygen atoms in total. The van der Waals surface area contributed by atoms with Crippen LogP contribution in [0.25, 0.3) is 11.4 Å². The van der Waals surface area contributed by atoms with Gasteiger partial charge in [-0.1, -0.05) is 58.9 Å². The smallest absolute Gasteiger partial charge is 0.188 e. The zero-order valence-corrected chi connectivity index (χ0v) is 17.9. The third-order valence-electron chi connectivity index (χ3n) is 3.20. The number of benzene rings is 1. The molecule has 0 unspecified atom stereocenters. The summed E-state index contributed by atoms with van der Waals surface area (Å²) in [5.74, 6) is 0.626. The van der Waals surface area contributed by atoms with Crippen molar-refractivity contribution in [2.45, 2.75) is 37.6 Å². The molecule has 0 radical (unpaired) electrons. The third kappa shape index (κ3) is 5.60. The highest BCUT2D eigenvalue weighted by molar-refractivity contribution is 9.10. The standard InChI is InChI=1S/C15H21BrClN3OSSi/c1-22-15-18-14(12-6-5-11(16)9-13(12)17)19-20(15)10-21-7-8-23(2,3)4/h5-6,9H,7-8,10H2,1-4H3. The number of rotatable bonds is 7. The Labute approximate surface area is 156 Å². The topological polar surface area (TPSA) is 39.9 Å². The SMILES string of the molecule is CSc1nc(-c2ccc(Br)cc2Cl)nn1COCC[Si](C)(C)C. The van der Waals surface area contributed by atoms with E-state index in [0.29, 0.717) is 17.6 Å². The lowest BCUT2D eigenvalue weighted by Crippen LogP contribution is -2.22. The van der Waals surface area contributed by atoms with Gasteiger partial charge in [0, 0.05) is 24.7 Å². The predicted octanol–water partition coefficient (Wildman–Crippen LogP) is 5.40. The van der Waals surface area contributed by atoms with E-state index in [1.54, 1.807) is 16.4 Å². The molecule has 0 amide bonds. The van der Waals surface area contributed by atoms with Gasteiger partial charge in [0.05, 0.1) is 5.02 Å². The van der Waals surface area contributed by atoms with Crippen LogP contribution in [0.15, 0.2) is 27.8 Å². The summed E-state index contributed by atoms with van der Waals surface area (Å²) in [6.45, 7) is 8.20. The van der Waals surface area contributed by atoms with Crippen LogP contribution in [0.3, 0.4) is 0 Å². The minimum atomic E-state index is -1.07. The van der Waals surface area contributed by atoms with Crippen LogP contribution in [0.4, 0.5) is 0 Å². The van der Waals surface area contributed by atoms with Gasteiger partial charge in [0.25, 0.3) is 0 Å². The molecule has 1 aromatic heterocycles. The summed E-state index contributed by atoms with van der Waals surface area (Å²) in [6, 6.07) is 6.84. The number of halogens is 2. The molecule has 0 aliphatic heterocycles. The van der Waals surface area contributed by atoms with Crippen molar-refractivity contribution in [3.05, 3.63) is 27.7 Å². The van der Waals surface area contributed by atoms with Crippen molar-refractivity contribution in [1.82, 2.24) is 14.8 Å². The summed E-state index contributed by atoms with van der Waals surface area (Å²) >= 11 is 11.3. The third-order valence-corrected chi connectivity index (χ3v) is 6.38. The van der Waals surface area contributed by atoms with Crippen LogP contribution in [0, 0.1) is 0 Å². The normalized spacial score (nSPS) is 11.9. The first kappa shape index (κ1) is 19.0. The minimum Gasteiger partial charge on any atom is -0.359 e. The second-order valence-electron chi connectivity index (χ2n) is 6.39. The Hall–Kier alpha value is -0.343. The predicted molar refractivity (Wildman–Crippen MR) is 104 cm³/mol. The first-order valence-electron chi connectivity index (χ1n) is 7.32. The second kappa shape index (κ2) is 8.16. The van der Waals surface area contributed by atoms with Crippen molar-refractivity contribution in [2.75, 3.05) is 12.9 Å². The highest BCUT2D eigenvalue weighted by Gasteiger charge is 2.15. The number of hydrogen-bond acceptors (Lipinski definition) is 4. The van der Waals surface area contributed by atoms with Crippen molar-refractivity contribution in [2.24, 2.45) is 0 Å². The molecule has 0 N–H and O–H groups in total. The first-order chi connectivity index (χ1) is 10.8. The summed E-state index contributed by atoms with van der Waals surface area (Å²) < 4.78 is 8.51. The second-order valence-corrected chi connectivity index (χ2v) is 14.1. The molecule has 23 heavy (non-hydrogen) atoms. The average Bonchev–Trinajstić information content (AvgIpc) is 2.85. The maximum Gasteiger partial charge on any atom is 0.188 e. The van der Waals surface area contributed by atoms with Crippen LogP contribution in [0.5, 0.6) is 0 Å². The molecule has 1 aromatic carbocycles. The number of thioether (sulfide) groups is 1. The van der Waals surface area contributed by atoms with Crippen LogP contribution < -0.4 is 0 Å². The lowest BCUT2D eigenvalue weighted by Gasteiger charge is -2.15. The monoisotopic (exact) mass is 433 g/mol. The molecule has 0 saturated carbocycles. The summed E-state index contributed by atoms with van der Waals surface area (Å²) in [6.07, 6.45) is 1.98. The molecule has 0 saturated heterocycles. The largest absolute Gasteiger partial charge is 0.359 e. The molecule has 2 rings (SSSR count). The van der Waals surface area contributed by atoms with E-state index in [1.807, 2.05) is 24.5 Å². The Kier molecular flexibility index (Phi) is 6.73. The van der Waals surface area contributed by atoms with E-state index in [1.165, 1.54) is 0 Å². The molecule has 0 atom stereocenters. The first-order valence-corrected chi connectivity index (χ1v) is 13.4. The zero-order valence-electron chi connectivity index (χ0n) is 13.8. The zero-order chi connectivity index (χ0) is 17.0. The average molecular weight is 435 g/mol. The maximum atomic E-state index is 6.29. The van der Waals surface area contributed by atoms with Gasteiger partial charge in [0.15, 0.2) is 11.0 Å². The van der Waals surface area contributed by atoms with Gasteiger partial charge in [-0.3, -0.25) is 0 Å². The van der Waals surface area contributed by atoms with Gasteiger partial charge in [0.1, 0.15) is 6.73 Å². The van der Waals surface area contributed by atoms with Gasteiger partial charge >= 0.3 is 0 Å². The molecular weight excluding hydrogens is 414 g/mol. The van der Waals surface area contributed by atoms with Crippen LogP contribution in [0.2, 0.25) is 30.7 Å². The fourth-order valence-electron chi connectivity index (χ4n) is 1.88. The van der Waals surface area contributed by atoms with Crippen LogP contribution in [-0.4, -0.2) is 35.7 Å². The highest BCUT2D eigenvalue weighted by atomic mass is 79.9. The summed E-state index contributed by atoms with van der Waals surface area (Å²) in [5, 5.41) is 6.00. The quantitative estimate of drug-likeness (QED) is 0.332. The Balaban J connectivity index is 2.11. The van der Waals surface area contributed by atoms with E-state index in [0.717, 1.165) is 27.8 Å². The molecule has 0 fully saturated rings. The number of ether oxygens (including phenoxy) is 1. The van der Waals surface area contributed by atoms with E-state index in [9.17, 15) is 0 Å². The Morgan fingerprint density at radius 3 is 2.70 bits per heavy atom. The van der Waals surface area contributed by atoms with Crippen molar-refractivity contribution in [3.8, 4) is 11.4 Å². The van der Waals surface area contributed by atoms with Crippen LogP contribution in [0.1, 0.15) is 0 Å². The fourth-order valence-corrected chi connectivity index (χ4v) is 3.87. The van der Waals surface area contributed by atoms with Crippen molar-refractivity contribution < 1.29 is 4.74 Å². The molecule has 1 heterocycles.